The number of ether oxygens (including phenoxy) is 2. The summed E-state index contributed by atoms with van der Waals surface area (Å²) in [5.74, 6) is 0.249. The Balaban J connectivity index is 2.42. The van der Waals surface area contributed by atoms with Gasteiger partial charge in [-0.25, -0.2) is 4.79 Å². The van der Waals surface area contributed by atoms with Crippen LogP contribution in [-0.4, -0.2) is 31.3 Å². The fourth-order valence-electron chi connectivity index (χ4n) is 2.94. The average Bonchev–Trinajstić information content (AvgIpc) is 2.98. The molecule has 0 spiro atoms. The molecule has 2 N–H and O–H groups in total. The third kappa shape index (κ3) is 3.13. The molecule has 5 heteroatoms. The molecule has 0 saturated heterocycles. The minimum Gasteiger partial charge on any atom is -0.497 e. The maximum absolute atomic E-state index is 11.9. The zero-order chi connectivity index (χ0) is 15.5. The fraction of sp³-hybridized carbons (Fsp3) is 0.562. The quantitative estimate of drug-likeness (QED) is 0.843. The third-order valence-corrected chi connectivity index (χ3v) is 4.22. The maximum atomic E-state index is 11.9. The molecule has 1 aliphatic rings. The molecule has 1 aromatic rings. The zero-order valence-corrected chi connectivity index (χ0v) is 12.8. The molecule has 0 amide bonds. The van der Waals surface area contributed by atoms with Gasteiger partial charge in [0.25, 0.3) is 0 Å². The first kappa shape index (κ1) is 15.6. The minimum atomic E-state index is -1.20. The summed E-state index contributed by atoms with van der Waals surface area (Å²) in [6, 6.07) is 5.46. The van der Waals surface area contributed by atoms with E-state index in [2.05, 4.69) is 5.32 Å². The Hall–Kier alpha value is -1.75. The SMILES string of the molecule is COc1ccc(OC)c(C(C)(NC2CCCC2)C(=O)O)c1. The van der Waals surface area contributed by atoms with Crippen LogP contribution in [0.25, 0.3) is 0 Å². The van der Waals surface area contributed by atoms with Crippen LogP contribution in [-0.2, 0) is 10.3 Å². The van der Waals surface area contributed by atoms with E-state index >= 15 is 0 Å². The molecule has 1 fully saturated rings. The maximum Gasteiger partial charge on any atom is 0.328 e. The molecule has 21 heavy (non-hydrogen) atoms. The molecule has 2 rings (SSSR count). The van der Waals surface area contributed by atoms with Gasteiger partial charge in [0, 0.05) is 11.6 Å². The summed E-state index contributed by atoms with van der Waals surface area (Å²) in [5.41, 5.74) is -0.613. The van der Waals surface area contributed by atoms with Crippen LogP contribution in [0.5, 0.6) is 11.5 Å². The molecule has 0 heterocycles. The molecule has 1 aliphatic carbocycles. The molecule has 1 unspecified atom stereocenters. The molecule has 1 aromatic carbocycles. The van der Waals surface area contributed by atoms with Crippen LogP contribution in [0.3, 0.4) is 0 Å². The lowest BCUT2D eigenvalue weighted by Gasteiger charge is -2.31. The summed E-state index contributed by atoms with van der Waals surface area (Å²) in [6.07, 6.45) is 4.30. The van der Waals surface area contributed by atoms with E-state index in [1.54, 1.807) is 39.3 Å². The van der Waals surface area contributed by atoms with Crippen molar-refractivity contribution in [3.05, 3.63) is 23.8 Å². The molecular formula is C16H23NO4. The van der Waals surface area contributed by atoms with Gasteiger partial charge in [0.05, 0.1) is 14.2 Å². The Labute approximate surface area is 125 Å². The summed E-state index contributed by atoms with van der Waals surface area (Å²) < 4.78 is 10.6. The van der Waals surface area contributed by atoms with Crippen molar-refractivity contribution in [3.63, 3.8) is 0 Å². The van der Waals surface area contributed by atoms with Crippen LogP contribution < -0.4 is 14.8 Å². The summed E-state index contributed by atoms with van der Waals surface area (Å²) in [5, 5.41) is 13.1. The smallest absolute Gasteiger partial charge is 0.328 e. The van der Waals surface area contributed by atoms with Gasteiger partial charge >= 0.3 is 5.97 Å². The van der Waals surface area contributed by atoms with Gasteiger partial charge in [-0.3, -0.25) is 5.32 Å². The van der Waals surface area contributed by atoms with Crippen molar-refractivity contribution in [2.75, 3.05) is 14.2 Å². The fourth-order valence-corrected chi connectivity index (χ4v) is 2.94. The van der Waals surface area contributed by atoms with Crippen LogP contribution in [0.4, 0.5) is 0 Å². The number of methoxy groups -OCH3 is 2. The molecule has 5 nitrogen and oxygen atoms in total. The van der Waals surface area contributed by atoms with Gasteiger partial charge in [0.15, 0.2) is 0 Å². The number of carboxylic acid groups (broad SMARTS) is 1. The number of rotatable bonds is 6. The van der Waals surface area contributed by atoms with E-state index in [1.165, 1.54) is 0 Å². The Kier molecular flexibility index (Phi) is 4.73. The monoisotopic (exact) mass is 293 g/mol. The predicted octanol–water partition coefficient (Wildman–Crippen LogP) is 2.54. The van der Waals surface area contributed by atoms with Gasteiger partial charge in [0.1, 0.15) is 17.0 Å². The number of nitrogens with one attached hydrogen (secondary N) is 1. The van der Waals surface area contributed by atoms with E-state index in [-0.39, 0.29) is 6.04 Å². The van der Waals surface area contributed by atoms with Gasteiger partial charge in [-0.05, 0) is 38.0 Å². The largest absolute Gasteiger partial charge is 0.497 e. The average molecular weight is 293 g/mol. The van der Waals surface area contributed by atoms with E-state index in [0.717, 1.165) is 25.7 Å². The molecule has 0 radical (unpaired) electrons. The van der Waals surface area contributed by atoms with E-state index in [4.69, 9.17) is 9.47 Å². The topological polar surface area (TPSA) is 67.8 Å². The lowest BCUT2D eigenvalue weighted by molar-refractivity contribution is -0.145. The lowest BCUT2D eigenvalue weighted by Crippen LogP contribution is -2.50. The molecular weight excluding hydrogens is 270 g/mol. The standard InChI is InChI=1S/C16H23NO4/c1-16(15(18)19,17-11-6-4-5-7-11)13-10-12(20-2)8-9-14(13)21-3/h8-11,17H,4-7H2,1-3H3,(H,18,19). The molecule has 116 valence electrons. The van der Waals surface area contributed by atoms with E-state index in [0.29, 0.717) is 17.1 Å². The number of carboxylic acids is 1. The highest BCUT2D eigenvalue weighted by molar-refractivity contribution is 5.81. The highest BCUT2D eigenvalue weighted by Crippen LogP contribution is 2.35. The predicted molar refractivity (Wildman–Crippen MR) is 79.9 cm³/mol. The van der Waals surface area contributed by atoms with E-state index in [1.807, 2.05) is 0 Å². The van der Waals surface area contributed by atoms with Crippen molar-refractivity contribution < 1.29 is 19.4 Å². The Morgan fingerprint density at radius 1 is 1.29 bits per heavy atom. The van der Waals surface area contributed by atoms with Crippen LogP contribution in [0.2, 0.25) is 0 Å². The first-order valence-electron chi connectivity index (χ1n) is 7.25. The van der Waals surface area contributed by atoms with Crippen molar-refractivity contribution in [1.29, 1.82) is 0 Å². The van der Waals surface area contributed by atoms with Crippen molar-refractivity contribution in [2.45, 2.75) is 44.2 Å². The second kappa shape index (κ2) is 6.35. The summed E-state index contributed by atoms with van der Waals surface area (Å²) in [4.78, 5) is 11.9. The number of benzene rings is 1. The van der Waals surface area contributed by atoms with Gasteiger partial charge in [0.2, 0.25) is 0 Å². The van der Waals surface area contributed by atoms with Gasteiger partial charge < -0.3 is 14.6 Å². The summed E-state index contributed by atoms with van der Waals surface area (Å²) in [7, 11) is 3.11. The van der Waals surface area contributed by atoms with Crippen LogP contribution in [0.15, 0.2) is 18.2 Å². The Morgan fingerprint density at radius 2 is 1.95 bits per heavy atom. The second-order valence-electron chi connectivity index (χ2n) is 5.62. The van der Waals surface area contributed by atoms with Crippen molar-refractivity contribution in [3.8, 4) is 11.5 Å². The Morgan fingerprint density at radius 3 is 2.48 bits per heavy atom. The first-order valence-corrected chi connectivity index (χ1v) is 7.25. The zero-order valence-electron chi connectivity index (χ0n) is 12.8. The second-order valence-corrected chi connectivity index (χ2v) is 5.62. The molecule has 1 saturated carbocycles. The summed E-state index contributed by atoms with van der Waals surface area (Å²) in [6.45, 7) is 1.69. The van der Waals surface area contributed by atoms with Crippen molar-refractivity contribution in [1.82, 2.24) is 5.32 Å². The van der Waals surface area contributed by atoms with Crippen molar-refractivity contribution >= 4 is 5.97 Å². The normalized spacial score (nSPS) is 18.2. The van der Waals surface area contributed by atoms with Crippen LogP contribution >= 0.6 is 0 Å². The number of aliphatic carboxylic acids is 1. The van der Waals surface area contributed by atoms with Gasteiger partial charge in [-0.1, -0.05) is 12.8 Å². The molecule has 0 aliphatic heterocycles. The highest BCUT2D eigenvalue weighted by Gasteiger charge is 2.40. The highest BCUT2D eigenvalue weighted by atomic mass is 16.5. The van der Waals surface area contributed by atoms with Crippen LogP contribution in [0.1, 0.15) is 38.2 Å². The Bertz CT molecular complexity index is 511. The lowest BCUT2D eigenvalue weighted by atomic mass is 9.89. The number of hydrogen-bond acceptors (Lipinski definition) is 4. The van der Waals surface area contributed by atoms with E-state index in [9.17, 15) is 9.90 Å². The van der Waals surface area contributed by atoms with Gasteiger partial charge in [-0.15, -0.1) is 0 Å². The van der Waals surface area contributed by atoms with E-state index < -0.39 is 11.5 Å². The van der Waals surface area contributed by atoms with Gasteiger partial charge in [-0.2, -0.15) is 0 Å². The molecule has 0 aromatic heterocycles. The number of hydrogen-bond donors (Lipinski definition) is 2. The number of carbonyl (C=O) groups is 1. The molecule has 1 atom stereocenters. The summed E-state index contributed by atoms with van der Waals surface area (Å²) >= 11 is 0. The molecule has 0 bridgehead atoms. The first-order chi connectivity index (χ1) is 10.0. The van der Waals surface area contributed by atoms with Crippen molar-refractivity contribution in [2.24, 2.45) is 0 Å². The third-order valence-electron chi connectivity index (χ3n) is 4.22. The van der Waals surface area contributed by atoms with Crippen LogP contribution in [0, 0.1) is 0 Å². The minimum absolute atomic E-state index is 0.224.